The molecule has 0 bridgehead atoms. The normalized spacial score (nSPS) is 11.7. The maximum atomic E-state index is 13.2. The van der Waals surface area contributed by atoms with Crippen molar-refractivity contribution in [1.82, 2.24) is 10.2 Å². The number of carbonyl (C=O) groups excluding carboxylic acids is 2. The van der Waals surface area contributed by atoms with Crippen LogP contribution in [0.3, 0.4) is 0 Å². The van der Waals surface area contributed by atoms with Gasteiger partial charge in [0.1, 0.15) is 6.04 Å². The van der Waals surface area contributed by atoms with Gasteiger partial charge in [0.05, 0.1) is 6.42 Å². The van der Waals surface area contributed by atoms with Crippen molar-refractivity contribution in [2.45, 2.75) is 52.6 Å². The Morgan fingerprint density at radius 3 is 2.36 bits per heavy atom. The number of benzene rings is 2. The molecule has 4 nitrogen and oxygen atoms in total. The summed E-state index contributed by atoms with van der Waals surface area (Å²) in [7, 11) is 0. The maximum absolute atomic E-state index is 13.2. The lowest BCUT2D eigenvalue weighted by atomic mass is 10.0. The second kappa shape index (κ2) is 10.9. The molecule has 2 rings (SSSR count). The van der Waals surface area contributed by atoms with Gasteiger partial charge in [0.15, 0.2) is 0 Å². The molecule has 150 valence electrons. The molecule has 0 saturated heterocycles. The van der Waals surface area contributed by atoms with Crippen molar-refractivity contribution in [1.29, 1.82) is 0 Å². The predicted octanol–water partition coefficient (Wildman–Crippen LogP) is 4.52. The Morgan fingerprint density at radius 1 is 1.07 bits per heavy atom. The number of amides is 2. The quantitative estimate of drug-likeness (QED) is 0.629. The summed E-state index contributed by atoms with van der Waals surface area (Å²) >= 11 is 6.31. The average Bonchev–Trinajstić information content (AvgIpc) is 2.68. The van der Waals surface area contributed by atoms with Crippen LogP contribution < -0.4 is 5.32 Å². The minimum atomic E-state index is -0.579. The van der Waals surface area contributed by atoms with E-state index >= 15 is 0 Å². The van der Waals surface area contributed by atoms with E-state index in [1.807, 2.05) is 49.4 Å². The van der Waals surface area contributed by atoms with Crippen LogP contribution in [0.5, 0.6) is 0 Å². The number of carbonyl (C=O) groups is 2. The predicted molar refractivity (Wildman–Crippen MR) is 114 cm³/mol. The van der Waals surface area contributed by atoms with Gasteiger partial charge in [0.25, 0.3) is 0 Å². The van der Waals surface area contributed by atoms with Crippen LogP contribution in [-0.4, -0.2) is 29.3 Å². The molecule has 0 aliphatic rings. The van der Waals surface area contributed by atoms with E-state index in [4.69, 9.17) is 11.6 Å². The zero-order valence-corrected chi connectivity index (χ0v) is 17.6. The molecular formula is C23H29ClN2O2. The van der Waals surface area contributed by atoms with E-state index in [0.717, 1.165) is 29.5 Å². The van der Waals surface area contributed by atoms with Crippen LogP contribution in [-0.2, 0) is 22.6 Å². The fourth-order valence-electron chi connectivity index (χ4n) is 3.00. The number of unbranched alkanes of at least 4 members (excludes halogenated alkanes) is 1. The van der Waals surface area contributed by atoms with Crippen molar-refractivity contribution in [3.63, 3.8) is 0 Å². The number of aryl methyl sites for hydroxylation is 1. The van der Waals surface area contributed by atoms with Gasteiger partial charge < -0.3 is 10.2 Å². The summed E-state index contributed by atoms with van der Waals surface area (Å²) in [6.07, 6.45) is 2.17. The third-order valence-corrected chi connectivity index (χ3v) is 5.27. The summed E-state index contributed by atoms with van der Waals surface area (Å²) in [4.78, 5) is 27.4. The van der Waals surface area contributed by atoms with E-state index < -0.39 is 6.04 Å². The molecule has 2 aromatic rings. The number of hydrogen-bond donors (Lipinski definition) is 1. The molecule has 5 heteroatoms. The summed E-state index contributed by atoms with van der Waals surface area (Å²) in [6.45, 7) is 6.75. The van der Waals surface area contributed by atoms with Gasteiger partial charge in [-0.1, -0.05) is 67.4 Å². The average molecular weight is 401 g/mol. The standard InChI is InChI=1S/C23H29ClN2O2/c1-4-5-14-25-23(28)18(3)26(16-20-12-8-9-13-21(20)24)22(27)15-19-11-7-6-10-17(19)2/h6-13,18H,4-5,14-16H2,1-3H3,(H,25,28)/t18-/m0/s1. The first kappa shape index (κ1) is 22.0. The van der Waals surface area contributed by atoms with Crippen molar-refractivity contribution in [2.75, 3.05) is 6.54 Å². The molecule has 1 N–H and O–H groups in total. The van der Waals surface area contributed by atoms with Gasteiger partial charge >= 0.3 is 0 Å². The van der Waals surface area contributed by atoms with Crippen molar-refractivity contribution >= 4 is 23.4 Å². The van der Waals surface area contributed by atoms with Gasteiger partial charge in [-0.15, -0.1) is 0 Å². The number of hydrogen-bond acceptors (Lipinski definition) is 2. The summed E-state index contributed by atoms with van der Waals surface area (Å²) in [5, 5.41) is 3.52. The van der Waals surface area contributed by atoms with E-state index in [1.165, 1.54) is 0 Å². The summed E-state index contributed by atoms with van der Waals surface area (Å²) < 4.78 is 0. The van der Waals surface area contributed by atoms with E-state index in [1.54, 1.807) is 17.9 Å². The van der Waals surface area contributed by atoms with E-state index in [0.29, 0.717) is 18.1 Å². The van der Waals surface area contributed by atoms with Gasteiger partial charge in [-0.05, 0) is 43.0 Å². The van der Waals surface area contributed by atoms with E-state index in [2.05, 4.69) is 12.2 Å². The van der Waals surface area contributed by atoms with Crippen LogP contribution in [0.15, 0.2) is 48.5 Å². The van der Waals surface area contributed by atoms with Crippen LogP contribution in [0.1, 0.15) is 43.4 Å². The lowest BCUT2D eigenvalue weighted by Crippen LogP contribution is -2.48. The Bertz CT molecular complexity index is 807. The molecule has 0 radical (unpaired) electrons. The zero-order chi connectivity index (χ0) is 20.5. The Hall–Kier alpha value is -2.33. The highest BCUT2D eigenvalue weighted by Gasteiger charge is 2.26. The second-order valence-electron chi connectivity index (χ2n) is 7.04. The van der Waals surface area contributed by atoms with E-state index in [-0.39, 0.29) is 18.2 Å². The van der Waals surface area contributed by atoms with Crippen molar-refractivity contribution < 1.29 is 9.59 Å². The molecule has 0 fully saturated rings. The van der Waals surface area contributed by atoms with Gasteiger partial charge in [-0.25, -0.2) is 0 Å². The Labute approximate surface area is 172 Å². The van der Waals surface area contributed by atoms with Crippen molar-refractivity contribution in [3.05, 3.63) is 70.2 Å². The number of rotatable bonds is 9. The van der Waals surface area contributed by atoms with Crippen LogP contribution in [0, 0.1) is 6.92 Å². The zero-order valence-electron chi connectivity index (χ0n) is 16.9. The highest BCUT2D eigenvalue weighted by atomic mass is 35.5. The summed E-state index contributed by atoms with van der Waals surface area (Å²) in [6, 6.07) is 14.7. The van der Waals surface area contributed by atoms with E-state index in [9.17, 15) is 9.59 Å². The fourth-order valence-corrected chi connectivity index (χ4v) is 3.20. The van der Waals surface area contributed by atoms with Crippen LogP contribution in [0.2, 0.25) is 5.02 Å². The van der Waals surface area contributed by atoms with Gasteiger partial charge in [-0.3, -0.25) is 9.59 Å². The lowest BCUT2D eigenvalue weighted by Gasteiger charge is -2.29. The molecule has 0 spiro atoms. The highest BCUT2D eigenvalue weighted by molar-refractivity contribution is 6.31. The van der Waals surface area contributed by atoms with Gasteiger partial charge in [-0.2, -0.15) is 0 Å². The topological polar surface area (TPSA) is 49.4 Å². The first-order valence-electron chi connectivity index (χ1n) is 9.79. The molecule has 0 unspecified atom stereocenters. The summed E-state index contributed by atoms with van der Waals surface area (Å²) in [5.41, 5.74) is 2.86. The first-order chi connectivity index (χ1) is 13.4. The largest absolute Gasteiger partial charge is 0.354 e. The smallest absolute Gasteiger partial charge is 0.242 e. The molecule has 0 saturated carbocycles. The van der Waals surface area contributed by atoms with Crippen LogP contribution in [0.4, 0.5) is 0 Å². The molecule has 0 aliphatic heterocycles. The molecule has 0 aromatic heterocycles. The number of nitrogens with one attached hydrogen (secondary N) is 1. The van der Waals surface area contributed by atoms with Gasteiger partial charge in [0, 0.05) is 18.1 Å². The minimum absolute atomic E-state index is 0.0904. The molecule has 1 atom stereocenters. The monoisotopic (exact) mass is 400 g/mol. The SMILES string of the molecule is CCCCNC(=O)[C@H](C)N(Cc1ccccc1Cl)C(=O)Cc1ccccc1C. The summed E-state index contributed by atoms with van der Waals surface area (Å²) in [5.74, 6) is -0.231. The lowest BCUT2D eigenvalue weighted by molar-refractivity contribution is -0.140. The Balaban J connectivity index is 2.22. The molecule has 2 aromatic carbocycles. The molecule has 0 aliphatic carbocycles. The maximum Gasteiger partial charge on any atom is 0.242 e. The molecule has 2 amide bonds. The minimum Gasteiger partial charge on any atom is -0.354 e. The Kier molecular flexibility index (Phi) is 8.52. The third-order valence-electron chi connectivity index (χ3n) is 4.90. The van der Waals surface area contributed by atoms with Crippen LogP contribution >= 0.6 is 11.6 Å². The molecule has 28 heavy (non-hydrogen) atoms. The van der Waals surface area contributed by atoms with Crippen LogP contribution in [0.25, 0.3) is 0 Å². The number of nitrogens with zero attached hydrogens (tertiary/aromatic N) is 1. The number of halogens is 1. The Morgan fingerprint density at radius 2 is 1.71 bits per heavy atom. The first-order valence-corrected chi connectivity index (χ1v) is 10.2. The van der Waals surface area contributed by atoms with Gasteiger partial charge in [0.2, 0.25) is 11.8 Å². The van der Waals surface area contributed by atoms with Crippen molar-refractivity contribution in [2.24, 2.45) is 0 Å². The second-order valence-corrected chi connectivity index (χ2v) is 7.44. The third kappa shape index (κ3) is 6.10. The van der Waals surface area contributed by atoms with Crippen molar-refractivity contribution in [3.8, 4) is 0 Å². The fraction of sp³-hybridized carbons (Fsp3) is 0.391. The molecule has 0 heterocycles. The highest BCUT2D eigenvalue weighted by Crippen LogP contribution is 2.20. The molecular weight excluding hydrogens is 372 g/mol.